The minimum absolute atomic E-state index is 0.103. The number of carbonyl (C=O) groups is 3. The molecule has 0 fully saturated rings. The largest absolute Gasteiger partial charge is 0.351 e. The van der Waals surface area contributed by atoms with Gasteiger partial charge in [-0.1, -0.05) is 48.5 Å². The molecule has 2 aliphatic heterocycles. The van der Waals surface area contributed by atoms with Crippen LogP contribution in [-0.2, 0) is 14.4 Å². The molecule has 2 aromatic carbocycles. The Morgan fingerprint density at radius 2 is 1.61 bits per heavy atom. The molecule has 0 aromatic heterocycles. The quantitative estimate of drug-likeness (QED) is 0.564. The second-order valence-corrected chi connectivity index (χ2v) is 9.93. The van der Waals surface area contributed by atoms with Crippen molar-refractivity contribution in [3.8, 4) is 0 Å². The molecule has 0 bridgehead atoms. The predicted molar refractivity (Wildman–Crippen MR) is 144 cm³/mol. The Labute approximate surface area is 216 Å². The zero-order valence-corrected chi connectivity index (χ0v) is 21.6. The molecule has 4 rings (SSSR count). The molecule has 36 heavy (non-hydrogen) atoms. The van der Waals surface area contributed by atoms with Crippen molar-refractivity contribution in [3.63, 3.8) is 0 Å². The van der Waals surface area contributed by atoms with Crippen LogP contribution in [0, 0.1) is 0 Å². The fourth-order valence-corrected chi connectivity index (χ4v) is 5.32. The number of rotatable bonds is 9. The molecule has 1 atom stereocenters. The SMILES string of the molecule is CN1C(=O)C(NC(=O)CCCC(=O)CSC2N(C)C=CN2C)N=C(c2ccccc2)c2ccccc21. The third kappa shape index (κ3) is 5.79. The van der Waals surface area contributed by atoms with E-state index in [9.17, 15) is 14.4 Å². The summed E-state index contributed by atoms with van der Waals surface area (Å²) in [5.41, 5.74) is 3.19. The Balaban J connectivity index is 1.37. The van der Waals surface area contributed by atoms with Gasteiger partial charge < -0.3 is 20.0 Å². The number of hydrogen-bond acceptors (Lipinski definition) is 7. The molecule has 2 heterocycles. The monoisotopic (exact) mass is 505 g/mol. The first kappa shape index (κ1) is 25.5. The highest BCUT2D eigenvalue weighted by molar-refractivity contribution is 8.00. The van der Waals surface area contributed by atoms with Gasteiger partial charge in [-0.25, -0.2) is 4.99 Å². The van der Waals surface area contributed by atoms with E-state index in [1.807, 2.05) is 81.1 Å². The van der Waals surface area contributed by atoms with Gasteiger partial charge >= 0.3 is 0 Å². The average molecular weight is 506 g/mol. The number of benzodiazepines with no additional fused rings is 1. The van der Waals surface area contributed by atoms with Crippen LogP contribution in [0.4, 0.5) is 5.69 Å². The third-order valence-corrected chi connectivity index (χ3v) is 7.63. The molecule has 2 aromatic rings. The van der Waals surface area contributed by atoms with E-state index >= 15 is 0 Å². The summed E-state index contributed by atoms with van der Waals surface area (Å²) in [6, 6.07) is 17.2. The van der Waals surface area contributed by atoms with Crippen molar-refractivity contribution in [1.82, 2.24) is 15.1 Å². The minimum atomic E-state index is -1.04. The van der Waals surface area contributed by atoms with Gasteiger partial charge in [0.1, 0.15) is 11.3 Å². The van der Waals surface area contributed by atoms with E-state index in [0.29, 0.717) is 24.3 Å². The molecule has 188 valence electrons. The highest BCUT2D eigenvalue weighted by atomic mass is 32.2. The zero-order valence-electron chi connectivity index (χ0n) is 20.8. The topological polar surface area (TPSA) is 85.3 Å². The lowest BCUT2D eigenvalue weighted by molar-refractivity contribution is -0.127. The smallest absolute Gasteiger partial charge is 0.272 e. The summed E-state index contributed by atoms with van der Waals surface area (Å²) in [7, 11) is 5.64. The van der Waals surface area contributed by atoms with E-state index in [1.54, 1.807) is 18.8 Å². The highest BCUT2D eigenvalue weighted by Gasteiger charge is 2.30. The van der Waals surface area contributed by atoms with Gasteiger partial charge in [-0.2, -0.15) is 0 Å². The molecule has 2 amide bonds. The molecule has 0 saturated heterocycles. The van der Waals surface area contributed by atoms with Gasteiger partial charge in [0.25, 0.3) is 5.91 Å². The van der Waals surface area contributed by atoms with Crippen LogP contribution in [0.25, 0.3) is 0 Å². The summed E-state index contributed by atoms with van der Waals surface area (Å²) in [6.07, 6.45) is 3.80. The molecular weight excluding hydrogens is 474 g/mol. The van der Waals surface area contributed by atoms with Crippen molar-refractivity contribution in [2.75, 3.05) is 31.8 Å². The normalized spacial score (nSPS) is 17.6. The van der Waals surface area contributed by atoms with Crippen LogP contribution in [0.1, 0.15) is 30.4 Å². The molecule has 1 N–H and O–H groups in total. The number of nitrogens with zero attached hydrogens (tertiary/aromatic N) is 4. The van der Waals surface area contributed by atoms with Gasteiger partial charge in [0.15, 0.2) is 0 Å². The van der Waals surface area contributed by atoms with Crippen LogP contribution >= 0.6 is 11.8 Å². The maximum atomic E-state index is 13.2. The van der Waals surface area contributed by atoms with Crippen molar-refractivity contribution < 1.29 is 14.4 Å². The average Bonchev–Trinajstić information content (AvgIpc) is 3.16. The number of benzene rings is 2. The Hall–Kier alpha value is -3.59. The number of likely N-dealkylation sites (N-methyl/N-ethyl adjacent to an activating group) is 1. The fourth-order valence-electron chi connectivity index (χ4n) is 4.23. The molecule has 1 unspecified atom stereocenters. The van der Waals surface area contributed by atoms with E-state index in [1.165, 1.54) is 4.90 Å². The molecule has 0 saturated carbocycles. The Morgan fingerprint density at radius 1 is 0.944 bits per heavy atom. The lowest BCUT2D eigenvalue weighted by Crippen LogP contribution is -2.46. The van der Waals surface area contributed by atoms with E-state index in [0.717, 1.165) is 16.8 Å². The molecule has 2 aliphatic rings. The van der Waals surface area contributed by atoms with Crippen LogP contribution in [0.5, 0.6) is 0 Å². The second kappa shape index (κ2) is 11.4. The number of para-hydroxylation sites is 1. The van der Waals surface area contributed by atoms with Gasteiger partial charge in [-0.15, -0.1) is 11.8 Å². The molecule has 0 spiro atoms. The Morgan fingerprint density at radius 3 is 2.33 bits per heavy atom. The van der Waals surface area contributed by atoms with Gasteiger partial charge in [0.05, 0.1) is 17.2 Å². The molecule has 8 nitrogen and oxygen atoms in total. The first-order chi connectivity index (χ1) is 17.3. The van der Waals surface area contributed by atoms with Gasteiger partial charge in [-0.3, -0.25) is 14.4 Å². The van der Waals surface area contributed by atoms with E-state index in [4.69, 9.17) is 4.99 Å². The Bertz CT molecular complexity index is 1170. The predicted octanol–water partition coefficient (Wildman–Crippen LogP) is 3.05. The zero-order chi connectivity index (χ0) is 25.7. The number of thioether (sulfide) groups is 1. The maximum absolute atomic E-state index is 13.2. The number of hydrogen-bond donors (Lipinski definition) is 1. The number of aliphatic imine (C=N–C) groups is 1. The summed E-state index contributed by atoms with van der Waals surface area (Å²) in [6.45, 7) is 0. The first-order valence-corrected chi connectivity index (χ1v) is 12.9. The third-order valence-electron chi connectivity index (χ3n) is 6.17. The second-order valence-electron chi connectivity index (χ2n) is 8.89. The van der Waals surface area contributed by atoms with Gasteiger partial charge in [0.2, 0.25) is 12.1 Å². The van der Waals surface area contributed by atoms with Crippen LogP contribution < -0.4 is 10.2 Å². The number of nitrogens with one attached hydrogen (secondary N) is 1. The maximum Gasteiger partial charge on any atom is 0.272 e. The number of fused-ring (bicyclic) bond motifs is 1. The number of anilines is 1. The summed E-state index contributed by atoms with van der Waals surface area (Å²) in [5.74, 6) is -0.125. The van der Waals surface area contributed by atoms with Crippen molar-refractivity contribution in [2.45, 2.75) is 30.9 Å². The number of Topliss-reactive ketones (excluding diaryl/α,β-unsaturated/α-hetero) is 1. The van der Waals surface area contributed by atoms with Crippen LogP contribution in [0.2, 0.25) is 0 Å². The van der Waals surface area contributed by atoms with Crippen LogP contribution in [0.15, 0.2) is 72.0 Å². The van der Waals surface area contributed by atoms with Crippen molar-refractivity contribution in [3.05, 3.63) is 78.1 Å². The first-order valence-electron chi connectivity index (χ1n) is 11.9. The number of amides is 2. The van der Waals surface area contributed by atoms with Gasteiger partial charge in [0, 0.05) is 57.5 Å². The van der Waals surface area contributed by atoms with Crippen molar-refractivity contribution >= 4 is 40.8 Å². The lowest BCUT2D eigenvalue weighted by atomic mass is 10.0. The van der Waals surface area contributed by atoms with Crippen LogP contribution in [0.3, 0.4) is 0 Å². The number of carbonyl (C=O) groups excluding carboxylic acids is 3. The minimum Gasteiger partial charge on any atom is -0.351 e. The van der Waals surface area contributed by atoms with E-state index in [-0.39, 0.29) is 29.5 Å². The highest BCUT2D eigenvalue weighted by Crippen LogP contribution is 2.27. The molecule has 0 radical (unpaired) electrons. The molecule has 0 aliphatic carbocycles. The lowest BCUT2D eigenvalue weighted by Gasteiger charge is -2.26. The summed E-state index contributed by atoms with van der Waals surface area (Å²) >= 11 is 1.56. The summed E-state index contributed by atoms with van der Waals surface area (Å²) in [4.78, 5) is 48.6. The molecule has 9 heteroatoms. The van der Waals surface area contributed by atoms with Crippen LogP contribution in [-0.4, -0.2) is 71.7 Å². The van der Waals surface area contributed by atoms with E-state index < -0.39 is 6.17 Å². The Kier molecular flexibility index (Phi) is 8.10. The molecular formula is C27H31N5O3S. The standard InChI is InChI=1S/C27H31N5O3S/c1-30-16-17-31(2)27(30)36-18-20(33)12-9-15-23(34)28-25-26(35)32(3)22-14-8-7-13-21(22)24(29-25)19-10-5-4-6-11-19/h4-8,10-11,13-14,16-17,25,27H,9,12,15,18H2,1-3H3,(H,28,34). The number of ketones is 1. The van der Waals surface area contributed by atoms with Crippen molar-refractivity contribution in [2.24, 2.45) is 4.99 Å². The van der Waals surface area contributed by atoms with Gasteiger partial charge in [-0.05, 0) is 12.5 Å². The summed E-state index contributed by atoms with van der Waals surface area (Å²) < 4.78 is 0. The fraction of sp³-hybridized carbons (Fsp3) is 0.333. The van der Waals surface area contributed by atoms with E-state index in [2.05, 4.69) is 15.1 Å². The van der Waals surface area contributed by atoms with Crippen molar-refractivity contribution in [1.29, 1.82) is 0 Å². The summed E-state index contributed by atoms with van der Waals surface area (Å²) in [5, 5.41) is 2.78.